The Kier molecular flexibility index (Phi) is 6.37. The standard InChI is InChI=1S/C31H42FN/c32-30-6-2-1-5-29(30)26-14-9-21-8-10-25(19-28(21)20-26)22-11-12-24-18-27(15-13-23(24)17-22)31-7-3-4-16-33-31/h1-2,4,6,9,14,16,21-22,25-29,31,33H,3,5,7-8,10-13,15,17-20H2. The second-order valence-electron chi connectivity index (χ2n) is 12.1. The summed E-state index contributed by atoms with van der Waals surface area (Å²) >= 11 is 0. The van der Waals surface area contributed by atoms with E-state index in [1.165, 1.54) is 77.0 Å². The largest absolute Gasteiger partial charge is 0.388 e. The van der Waals surface area contributed by atoms with E-state index in [1.807, 2.05) is 17.2 Å². The maximum absolute atomic E-state index is 14.5. The Hall–Kier alpha value is -1.57. The van der Waals surface area contributed by atoms with Gasteiger partial charge in [-0.05, 0) is 131 Å². The van der Waals surface area contributed by atoms with Crippen molar-refractivity contribution in [1.82, 2.24) is 5.32 Å². The lowest BCUT2D eigenvalue weighted by atomic mass is 9.61. The SMILES string of the molecule is FC1=CC=CCC1C1C=CC2CCC(C3CCC4=C(CCC(C5CCC=CN5)C4)C3)CC2C1. The molecule has 6 rings (SSSR count). The minimum absolute atomic E-state index is 0.0966. The first kappa shape index (κ1) is 21.9. The van der Waals surface area contributed by atoms with Crippen LogP contribution < -0.4 is 5.32 Å². The molecule has 0 bridgehead atoms. The number of nitrogens with one attached hydrogen (secondary N) is 1. The van der Waals surface area contributed by atoms with E-state index in [0.717, 1.165) is 36.0 Å². The first-order chi connectivity index (χ1) is 16.2. The van der Waals surface area contributed by atoms with Crippen LogP contribution in [-0.2, 0) is 0 Å². The van der Waals surface area contributed by atoms with Gasteiger partial charge in [-0.3, -0.25) is 0 Å². The van der Waals surface area contributed by atoms with Gasteiger partial charge in [-0.1, -0.05) is 41.5 Å². The van der Waals surface area contributed by atoms with Crippen LogP contribution >= 0.6 is 0 Å². The third kappa shape index (κ3) is 4.56. The molecule has 1 saturated carbocycles. The van der Waals surface area contributed by atoms with Gasteiger partial charge in [0.15, 0.2) is 0 Å². The zero-order valence-corrected chi connectivity index (χ0v) is 20.2. The molecule has 1 heterocycles. The van der Waals surface area contributed by atoms with Crippen LogP contribution in [0, 0.1) is 41.4 Å². The van der Waals surface area contributed by atoms with Crippen LogP contribution in [0.3, 0.4) is 0 Å². The van der Waals surface area contributed by atoms with Gasteiger partial charge in [0.05, 0.1) is 0 Å². The molecule has 8 atom stereocenters. The molecular weight excluding hydrogens is 405 g/mol. The average Bonchev–Trinajstić information content (AvgIpc) is 2.88. The van der Waals surface area contributed by atoms with E-state index >= 15 is 0 Å². The average molecular weight is 448 g/mol. The van der Waals surface area contributed by atoms with Crippen LogP contribution in [0.4, 0.5) is 4.39 Å². The highest BCUT2D eigenvalue weighted by Gasteiger charge is 2.40. The zero-order valence-electron chi connectivity index (χ0n) is 20.2. The smallest absolute Gasteiger partial charge is 0.104 e. The topological polar surface area (TPSA) is 12.0 Å². The second kappa shape index (κ2) is 9.59. The van der Waals surface area contributed by atoms with Crippen molar-refractivity contribution < 1.29 is 4.39 Å². The minimum Gasteiger partial charge on any atom is -0.388 e. The van der Waals surface area contributed by atoms with Crippen LogP contribution in [0.25, 0.3) is 0 Å². The van der Waals surface area contributed by atoms with Crippen LogP contribution in [0.5, 0.6) is 0 Å². The third-order valence-corrected chi connectivity index (χ3v) is 10.4. The van der Waals surface area contributed by atoms with Crippen molar-refractivity contribution in [3.05, 3.63) is 59.6 Å². The van der Waals surface area contributed by atoms with Crippen LogP contribution in [-0.4, -0.2) is 6.04 Å². The Balaban J connectivity index is 1.07. The summed E-state index contributed by atoms with van der Waals surface area (Å²) in [6.07, 6.45) is 32.3. The molecule has 0 aromatic rings. The number of halogens is 1. The van der Waals surface area contributed by atoms with E-state index in [0.29, 0.717) is 12.0 Å². The number of rotatable bonds is 3. The molecule has 0 aromatic carbocycles. The molecule has 0 amide bonds. The monoisotopic (exact) mass is 447 g/mol. The fraction of sp³-hybridized carbons (Fsp3) is 0.677. The Morgan fingerprint density at radius 2 is 1.58 bits per heavy atom. The summed E-state index contributed by atoms with van der Waals surface area (Å²) in [5.41, 5.74) is 3.71. The molecule has 33 heavy (non-hydrogen) atoms. The summed E-state index contributed by atoms with van der Waals surface area (Å²) in [5.74, 6) is 4.83. The lowest BCUT2D eigenvalue weighted by Crippen LogP contribution is -2.37. The van der Waals surface area contributed by atoms with Crippen molar-refractivity contribution in [2.75, 3.05) is 0 Å². The second-order valence-corrected chi connectivity index (χ2v) is 12.1. The summed E-state index contributed by atoms with van der Waals surface area (Å²) in [6.45, 7) is 0. The van der Waals surface area contributed by atoms with Gasteiger partial charge in [-0.2, -0.15) is 0 Å². The molecule has 1 aliphatic heterocycles. The number of hydrogen-bond acceptors (Lipinski definition) is 1. The van der Waals surface area contributed by atoms with E-state index in [2.05, 4.69) is 35.8 Å². The lowest BCUT2D eigenvalue weighted by molar-refractivity contribution is 0.117. The van der Waals surface area contributed by atoms with Gasteiger partial charge < -0.3 is 5.32 Å². The predicted octanol–water partition coefficient (Wildman–Crippen LogP) is 8.19. The molecular formula is C31H42FN. The first-order valence-electron chi connectivity index (χ1n) is 14.1. The van der Waals surface area contributed by atoms with E-state index < -0.39 is 0 Å². The van der Waals surface area contributed by atoms with Crippen molar-refractivity contribution in [2.24, 2.45) is 41.4 Å². The fourth-order valence-electron chi connectivity index (χ4n) is 8.44. The molecule has 0 radical (unpaired) electrons. The highest BCUT2D eigenvalue weighted by Crippen LogP contribution is 2.51. The normalized spacial score (nSPS) is 42.9. The highest BCUT2D eigenvalue weighted by atomic mass is 19.1. The lowest BCUT2D eigenvalue weighted by Gasteiger charge is -2.45. The molecule has 2 heteroatoms. The van der Waals surface area contributed by atoms with E-state index in [-0.39, 0.29) is 11.7 Å². The van der Waals surface area contributed by atoms with Gasteiger partial charge in [0.1, 0.15) is 5.83 Å². The quantitative estimate of drug-likeness (QED) is 0.430. The van der Waals surface area contributed by atoms with Gasteiger partial charge in [0.2, 0.25) is 0 Å². The van der Waals surface area contributed by atoms with Crippen LogP contribution in [0.1, 0.15) is 83.5 Å². The van der Waals surface area contributed by atoms with E-state index in [1.54, 1.807) is 6.08 Å². The Morgan fingerprint density at radius 1 is 0.758 bits per heavy atom. The van der Waals surface area contributed by atoms with E-state index in [4.69, 9.17) is 0 Å². The van der Waals surface area contributed by atoms with Gasteiger partial charge in [0.25, 0.3) is 0 Å². The third-order valence-electron chi connectivity index (χ3n) is 10.4. The zero-order chi connectivity index (χ0) is 22.2. The molecule has 1 N–H and O–H groups in total. The summed E-state index contributed by atoms with van der Waals surface area (Å²) in [5, 5.41) is 3.66. The van der Waals surface area contributed by atoms with Gasteiger partial charge in [-0.15, -0.1) is 0 Å². The predicted molar refractivity (Wildman–Crippen MR) is 135 cm³/mol. The molecule has 178 valence electrons. The van der Waals surface area contributed by atoms with Crippen molar-refractivity contribution in [1.29, 1.82) is 0 Å². The molecule has 0 aromatic heterocycles. The summed E-state index contributed by atoms with van der Waals surface area (Å²) in [4.78, 5) is 0. The minimum atomic E-state index is 0.0966. The summed E-state index contributed by atoms with van der Waals surface area (Å²) < 4.78 is 14.5. The number of hydrogen-bond donors (Lipinski definition) is 1. The molecule has 1 nitrogen and oxygen atoms in total. The molecule has 0 saturated heterocycles. The molecule has 8 unspecified atom stereocenters. The Labute approximate surface area is 200 Å². The van der Waals surface area contributed by atoms with Crippen molar-refractivity contribution in [3.63, 3.8) is 0 Å². The first-order valence-corrected chi connectivity index (χ1v) is 14.1. The van der Waals surface area contributed by atoms with Crippen LogP contribution in [0.2, 0.25) is 0 Å². The Morgan fingerprint density at radius 3 is 2.39 bits per heavy atom. The maximum Gasteiger partial charge on any atom is 0.104 e. The summed E-state index contributed by atoms with van der Waals surface area (Å²) in [6, 6.07) is 0.712. The van der Waals surface area contributed by atoms with Gasteiger partial charge in [-0.25, -0.2) is 4.39 Å². The molecule has 1 fully saturated rings. The van der Waals surface area contributed by atoms with Gasteiger partial charge in [0, 0.05) is 12.0 Å². The van der Waals surface area contributed by atoms with Crippen molar-refractivity contribution >= 4 is 0 Å². The highest BCUT2D eigenvalue weighted by molar-refractivity contribution is 5.23. The number of fused-ring (bicyclic) bond motifs is 1. The van der Waals surface area contributed by atoms with Crippen molar-refractivity contribution in [3.8, 4) is 0 Å². The summed E-state index contributed by atoms with van der Waals surface area (Å²) in [7, 11) is 0. The maximum atomic E-state index is 14.5. The molecule has 6 aliphatic rings. The molecule has 0 spiro atoms. The van der Waals surface area contributed by atoms with Gasteiger partial charge >= 0.3 is 0 Å². The van der Waals surface area contributed by atoms with Crippen LogP contribution in [0.15, 0.2) is 59.6 Å². The van der Waals surface area contributed by atoms with E-state index in [9.17, 15) is 4.39 Å². The number of allylic oxidation sites excluding steroid dienone is 9. The Bertz CT molecular complexity index is 875. The molecule has 5 aliphatic carbocycles. The van der Waals surface area contributed by atoms with Crippen molar-refractivity contribution in [2.45, 2.75) is 89.5 Å². The fourth-order valence-corrected chi connectivity index (χ4v) is 8.44.